The summed E-state index contributed by atoms with van der Waals surface area (Å²) in [7, 11) is 0. The van der Waals surface area contributed by atoms with Crippen molar-refractivity contribution in [2.45, 2.75) is 88.8 Å². The van der Waals surface area contributed by atoms with E-state index in [9.17, 15) is 4.79 Å². The lowest BCUT2D eigenvalue weighted by Crippen LogP contribution is -2.66. The largest absolute Gasteiger partial charge is 0.335 e. The Morgan fingerprint density at radius 3 is 1.77 bits per heavy atom. The van der Waals surface area contributed by atoms with Crippen LogP contribution in [0.5, 0.6) is 0 Å². The number of piperazine rings is 1. The van der Waals surface area contributed by atoms with Crippen LogP contribution in [0.2, 0.25) is 0 Å². The summed E-state index contributed by atoms with van der Waals surface area (Å²) in [5, 5.41) is 3.29. The number of urea groups is 1. The van der Waals surface area contributed by atoms with Gasteiger partial charge < -0.3 is 10.2 Å². The highest BCUT2D eigenvalue weighted by atomic mass is 16.2. The summed E-state index contributed by atoms with van der Waals surface area (Å²) in [4.78, 5) is 19.9. The Labute approximate surface area is 159 Å². The van der Waals surface area contributed by atoms with E-state index in [0.29, 0.717) is 12.1 Å². The van der Waals surface area contributed by atoms with Crippen LogP contribution in [0.4, 0.5) is 4.79 Å². The summed E-state index contributed by atoms with van der Waals surface area (Å²) >= 11 is 0. The second-order valence-electron chi connectivity index (χ2n) is 9.06. The number of carbonyl (C=O) groups excluding carboxylic acids is 1. The number of hydrogen-bond donors (Lipinski definition) is 1. The van der Waals surface area contributed by atoms with Crippen LogP contribution < -0.4 is 5.32 Å². The van der Waals surface area contributed by atoms with E-state index in [1.165, 1.54) is 96.8 Å². The van der Waals surface area contributed by atoms with Gasteiger partial charge in [-0.05, 0) is 25.7 Å². The van der Waals surface area contributed by atoms with Crippen molar-refractivity contribution < 1.29 is 4.79 Å². The van der Waals surface area contributed by atoms with Crippen LogP contribution in [-0.4, -0.2) is 78.1 Å². The molecule has 0 aromatic carbocycles. The molecule has 148 valence electrons. The first-order valence-electron chi connectivity index (χ1n) is 11.3. The maximum atomic E-state index is 12.5. The minimum atomic E-state index is 0.189. The molecule has 2 saturated carbocycles. The third kappa shape index (κ3) is 4.53. The molecule has 0 atom stereocenters. The van der Waals surface area contributed by atoms with Crippen LogP contribution in [0.25, 0.3) is 0 Å². The lowest BCUT2D eigenvalue weighted by molar-refractivity contribution is 0.00715. The molecule has 4 rings (SSSR count). The molecular formula is C21H38N4O. The summed E-state index contributed by atoms with van der Waals surface area (Å²) in [5.74, 6) is 0. The zero-order chi connectivity index (χ0) is 17.8. The van der Waals surface area contributed by atoms with Crippen molar-refractivity contribution >= 4 is 6.03 Å². The van der Waals surface area contributed by atoms with Crippen LogP contribution in [0.1, 0.15) is 70.6 Å². The normalized spacial score (nSPS) is 28.5. The topological polar surface area (TPSA) is 38.8 Å². The minimum absolute atomic E-state index is 0.189. The van der Waals surface area contributed by atoms with E-state index < -0.39 is 0 Å². The SMILES string of the molecule is O=C(NC1CCCCCC1)N1CC(N2CCN(C3CCCCC3)CC2)C1. The van der Waals surface area contributed by atoms with Crippen molar-refractivity contribution in [1.29, 1.82) is 0 Å². The van der Waals surface area contributed by atoms with Gasteiger partial charge in [-0.25, -0.2) is 4.79 Å². The Morgan fingerprint density at radius 2 is 1.15 bits per heavy atom. The maximum absolute atomic E-state index is 12.5. The van der Waals surface area contributed by atoms with Crippen molar-refractivity contribution in [3.05, 3.63) is 0 Å². The third-order valence-corrected chi connectivity index (χ3v) is 7.29. The van der Waals surface area contributed by atoms with E-state index in [4.69, 9.17) is 0 Å². The standard InChI is InChI=1S/C21H38N4O/c26-21(22-18-8-4-1-2-5-9-18)25-16-20(17-25)24-14-12-23(13-15-24)19-10-6-3-7-11-19/h18-20H,1-17H2,(H,22,26). The van der Waals surface area contributed by atoms with E-state index in [0.717, 1.165) is 19.1 Å². The minimum Gasteiger partial charge on any atom is -0.335 e. The zero-order valence-corrected chi connectivity index (χ0v) is 16.5. The molecule has 2 aliphatic heterocycles. The Bertz CT molecular complexity index is 443. The molecule has 5 nitrogen and oxygen atoms in total. The fraction of sp³-hybridized carbons (Fsp3) is 0.952. The predicted molar refractivity (Wildman–Crippen MR) is 105 cm³/mol. The van der Waals surface area contributed by atoms with Crippen molar-refractivity contribution in [2.24, 2.45) is 0 Å². The number of nitrogens with one attached hydrogen (secondary N) is 1. The molecule has 5 heteroatoms. The maximum Gasteiger partial charge on any atom is 0.317 e. The number of likely N-dealkylation sites (tertiary alicyclic amines) is 1. The lowest BCUT2D eigenvalue weighted by atomic mass is 9.93. The summed E-state index contributed by atoms with van der Waals surface area (Å²) in [5.41, 5.74) is 0. The van der Waals surface area contributed by atoms with Gasteiger partial charge in [-0.3, -0.25) is 9.80 Å². The second kappa shape index (κ2) is 8.92. The molecule has 4 aliphatic rings. The molecule has 26 heavy (non-hydrogen) atoms. The smallest absolute Gasteiger partial charge is 0.317 e. The van der Waals surface area contributed by atoms with E-state index in [1.807, 2.05) is 4.90 Å². The number of nitrogens with zero attached hydrogens (tertiary/aromatic N) is 3. The first-order chi connectivity index (χ1) is 12.8. The first-order valence-corrected chi connectivity index (χ1v) is 11.3. The number of hydrogen-bond acceptors (Lipinski definition) is 3. The van der Waals surface area contributed by atoms with Crippen LogP contribution in [0.15, 0.2) is 0 Å². The number of carbonyl (C=O) groups is 1. The van der Waals surface area contributed by atoms with Gasteiger partial charge >= 0.3 is 6.03 Å². The highest BCUT2D eigenvalue weighted by Gasteiger charge is 2.37. The van der Waals surface area contributed by atoms with Gasteiger partial charge in [0, 0.05) is 57.4 Å². The van der Waals surface area contributed by atoms with Gasteiger partial charge in [0.15, 0.2) is 0 Å². The number of rotatable bonds is 3. The molecule has 2 saturated heterocycles. The van der Waals surface area contributed by atoms with Crippen molar-refractivity contribution in [1.82, 2.24) is 20.0 Å². The van der Waals surface area contributed by atoms with Gasteiger partial charge in [0.05, 0.1) is 0 Å². The highest BCUT2D eigenvalue weighted by molar-refractivity contribution is 5.75. The summed E-state index contributed by atoms with van der Waals surface area (Å²) in [6.07, 6.45) is 14.7. The van der Waals surface area contributed by atoms with Gasteiger partial charge in [0.1, 0.15) is 0 Å². The van der Waals surface area contributed by atoms with Gasteiger partial charge in [-0.1, -0.05) is 44.9 Å². The highest BCUT2D eigenvalue weighted by Crippen LogP contribution is 2.25. The molecular weight excluding hydrogens is 324 g/mol. The van der Waals surface area contributed by atoms with E-state index in [1.54, 1.807) is 0 Å². The van der Waals surface area contributed by atoms with E-state index >= 15 is 0 Å². The lowest BCUT2D eigenvalue weighted by Gasteiger charge is -2.49. The molecule has 0 aromatic rings. The summed E-state index contributed by atoms with van der Waals surface area (Å²) in [6.45, 7) is 6.72. The fourth-order valence-corrected chi connectivity index (χ4v) is 5.46. The Balaban J connectivity index is 1.15. The molecule has 2 amide bonds. The van der Waals surface area contributed by atoms with Crippen molar-refractivity contribution in [3.63, 3.8) is 0 Å². The molecule has 4 fully saturated rings. The Morgan fingerprint density at radius 1 is 0.654 bits per heavy atom. The molecule has 2 aliphatic carbocycles. The molecule has 2 heterocycles. The quantitative estimate of drug-likeness (QED) is 0.784. The van der Waals surface area contributed by atoms with Crippen LogP contribution in [0.3, 0.4) is 0 Å². The van der Waals surface area contributed by atoms with Gasteiger partial charge in [0.2, 0.25) is 0 Å². The van der Waals surface area contributed by atoms with Gasteiger partial charge in [-0.15, -0.1) is 0 Å². The monoisotopic (exact) mass is 362 g/mol. The van der Waals surface area contributed by atoms with E-state index in [2.05, 4.69) is 15.1 Å². The molecule has 0 aromatic heterocycles. The summed E-state index contributed by atoms with van der Waals surface area (Å²) < 4.78 is 0. The predicted octanol–water partition coefficient (Wildman–Crippen LogP) is 3.05. The molecule has 0 spiro atoms. The Kier molecular flexibility index (Phi) is 6.36. The average Bonchev–Trinajstić information content (AvgIpc) is 2.90. The van der Waals surface area contributed by atoms with Crippen molar-refractivity contribution in [2.75, 3.05) is 39.3 Å². The number of amides is 2. The zero-order valence-electron chi connectivity index (χ0n) is 16.5. The average molecular weight is 363 g/mol. The van der Waals surface area contributed by atoms with Crippen LogP contribution in [0, 0.1) is 0 Å². The van der Waals surface area contributed by atoms with Crippen LogP contribution >= 0.6 is 0 Å². The molecule has 1 N–H and O–H groups in total. The molecule has 0 unspecified atom stereocenters. The molecule has 0 bridgehead atoms. The summed E-state index contributed by atoms with van der Waals surface area (Å²) in [6, 6.07) is 2.06. The van der Waals surface area contributed by atoms with Crippen molar-refractivity contribution in [3.8, 4) is 0 Å². The first kappa shape index (κ1) is 18.5. The van der Waals surface area contributed by atoms with Gasteiger partial charge in [0.25, 0.3) is 0 Å². The van der Waals surface area contributed by atoms with Gasteiger partial charge in [-0.2, -0.15) is 0 Å². The fourth-order valence-electron chi connectivity index (χ4n) is 5.46. The van der Waals surface area contributed by atoms with E-state index in [-0.39, 0.29) is 6.03 Å². The van der Waals surface area contributed by atoms with Crippen LogP contribution in [-0.2, 0) is 0 Å². The molecule has 0 radical (unpaired) electrons. The second-order valence-corrected chi connectivity index (χ2v) is 9.06. The Hall–Kier alpha value is -0.810. The third-order valence-electron chi connectivity index (χ3n) is 7.29.